The van der Waals surface area contributed by atoms with Crippen LogP contribution in [0.4, 0.5) is 0 Å². The Hall–Kier alpha value is -0.780. The largest absolute Gasteiger partial charge is 0.0617 e. The van der Waals surface area contributed by atoms with Gasteiger partial charge in [-0.15, -0.1) is 0 Å². The van der Waals surface area contributed by atoms with E-state index in [1.165, 1.54) is 31.2 Å². The summed E-state index contributed by atoms with van der Waals surface area (Å²) in [5, 5.41) is 0. The van der Waals surface area contributed by atoms with Crippen molar-refractivity contribution in [2.24, 2.45) is 5.41 Å². The summed E-state index contributed by atoms with van der Waals surface area (Å²) in [5.74, 6) is 0.792. The van der Waals surface area contributed by atoms with E-state index >= 15 is 0 Å². The van der Waals surface area contributed by atoms with Gasteiger partial charge >= 0.3 is 0 Å². The summed E-state index contributed by atoms with van der Waals surface area (Å²) in [5.41, 5.74) is 3.88. The molecule has 1 aliphatic carbocycles. The van der Waals surface area contributed by atoms with Gasteiger partial charge in [0.15, 0.2) is 0 Å². The summed E-state index contributed by atoms with van der Waals surface area (Å²) in [7, 11) is 0. The highest BCUT2D eigenvalue weighted by Crippen LogP contribution is 2.42. The van der Waals surface area contributed by atoms with Crippen LogP contribution < -0.4 is 0 Å². The van der Waals surface area contributed by atoms with Crippen molar-refractivity contribution in [2.75, 3.05) is 0 Å². The van der Waals surface area contributed by atoms with Crippen LogP contribution in [0.25, 0.3) is 0 Å². The van der Waals surface area contributed by atoms with E-state index in [-0.39, 0.29) is 5.41 Å². The minimum Gasteiger partial charge on any atom is -0.0617 e. The van der Waals surface area contributed by atoms with E-state index in [1.54, 1.807) is 5.56 Å². The van der Waals surface area contributed by atoms with E-state index in [0.29, 0.717) is 5.41 Å². The van der Waals surface area contributed by atoms with Crippen molar-refractivity contribution in [1.29, 1.82) is 0 Å². The normalized spacial score (nSPS) is 20.9. The van der Waals surface area contributed by atoms with Crippen molar-refractivity contribution in [2.45, 2.75) is 71.6 Å². The molecule has 0 unspecified atom stereocenters. The van der Waals surface area contributed by atoms with Crippen LogP contribution in [-0.4, -0.2) is 0 Å². The van der Waals surface area contributed by atoms with Gasteiger partial charge in [0, 0.05) is 0 Å². The van der Waals surface area contributed by atoms with E-state index in [2.05, 4.69) is 58.9 Å². The Morgan fingerprint density at radius 1 is 1.06 bits per heavy atom. The van der Waals surface area contributed by atoms with Crippen molar-refractivity contribution >= 4 is 0 Å². The number of benzene rings is 1. The van der Waals surface area contributed by atoms with E-state index in [9.17, 15) is 0 Å². The van der Waals surface area contributed by atoms with Gasteiger partial charge in [0.05, 0.1) is 0 Å². The third kappa shape index (κ3) is 3.16. The first-order valence-electron chi connectivity index (χ1n) is 7.38. The fraction of sp³-hybridized carbons (Fsp3) is 0.667. The second-order valence-corrected chi connectivity index (χ2v) is 7.81. The van der Waals surface area contributed by atoms with Crippen LogP contribution >= 0.6 is 0 Å². The zero-order chi connectivity index (χ0) is 13.4. The number of hydrogen-bond donors (Lipinski definition) is 0. The lowest BCUT2D eigenvalue weighted by molar-refractivity contribution is 0.224. The van der Waals surface area contributed by atoms with Crippen molar-refractivity contribution in [3.63, 3.8) is 0 Å². The molecular weight excluding hydrogens is 216 g/mol. The zero-order valence-electron chi connectivity index (χ0n) is 12.7. The summed E-state index contributed by atoms with van der Waals surface area (Å²) < 4.78 is 0. The number of hydrogen-bond acceptors (Lipinski definition) is 0. The highest BCUT2D eigenvalue weighted by molar-refractivity contribution is 5.31. The predicted octanol–water partition coefficient (Wildman–Crippen LogP) is 5.67. The second-order valence-electron chi connectivity index (χ2n) is 7.81. The third-order valence-electron chi connectivity index (χ3n) is 4.56. The van der Waals surface area contributed by atoms with Crippen LogP contribution in [0.1, 0.15) is 77.3 Å². The Morgan fingerprint density at radius 2 is 1.67 bits per heavy atom. The average molecular weight is 244 g/mol. The number of rotatable bonds is 1. The predicted molar refractivity (Wildman–Crippen MR) is 80.1 cm³/mol. The molecule has 0 atom stereocenters. The molecule has 0 saturated heterocycles. The van der Waals surface area contributed by atoms with Crippen LogP contribution in [-0.2, 0) is 5.41 Å². The maximum absolute atomic E-state index is 2.45. The van der Waals surface area contributed by atoms with Crippen LogP contribution in [0.15, 0.2) is 24.3 Å². The second kappa shape index (κ2) is 4.72. The van der Waals surface area contributed by atoms with E-state index in [1.807, 2.05) is 0 Å². The molecule has 100 valence electrons. The van der Waals surface area contributed by atoms with E-state index in [4.69, 9.17) is 0 Å². The average Bonchev–Trinajstić information content (AvgIpc) is 2.28. The van der Waals surface area contributed by atoms with Gasteiger partial charge in [0.25, 0.3) is 0 Å². The third-order valence-corrected chi connectivity index (χ3v) is 4.56. The Bertz CT molecular complexity index is 396. The first-order valence-corrected chi connectivity index (χ1v) is 7.38. The summed E-state index contributed by atoms with van der Waals surface area (Å²) in [6, 6.07) is 9.30. The summed E-state index contributed by atoms with van der Waals surface area (Å²) in [4.78, 5) is 0. The van der Waals surface area contributed by atoms with Crippen LogP contribution in [0.2, 0.25) is 0 Å². The molecule has 2 rings (SSSR count). The minimum absolute atomic E-state index is 0.268. The lowest BCUT2D eigenvalue weighted by Gasteiger charge is -2.35. The Balaban J connectivity index is 2.15. The quantitative estimate of drug-likeness (QED) is 0.597. The fourth-order valence-corrected chi connectivity index (χ4v) is 2.99. The first-order chi connectivity index (χ1) is 8.28. The standard InChI is InChI=1S/C18H28/c1-17(2,3)16-8-6-7-15(13-16)14-9-11-18(4,5)12-10-14/h6-8,13-14H,9-12H2,1-5H3. The molecule has 0 nitrogen and oxygen atoms in total. The maximum Gasteiger partial charge on any atom is -0.0132 e. The molecule has 0 heterocycles. The van der Waals surface area contributed by atoms with Gasteiger partial charge in [-0.05, 0) is 53.6 Å². The molecule has 0 amide bonds. The van der Waals surface area contributed by atoms with Gasteiger partial charge in [-0.1, -0.05) is 58.9 Å². The SMILES string of the molecule is CC1(C)CCC(c2cccc(C(C)(C)C)c2)CC1. The Labute approximate surface area is 113 Å². The Kier molecular flexibility index (Phi) is 3.58. The van der Waals surface area contributed by atoms with Crippen LogP contribution in [0, 0.1) is 5.41 Å². The highest BCUT2D eigenvalue weighted by atomic mass is 14.3. The molecule has 0 spiro atoms. The zero-order valence-corrected chi connectivity index (χ0v) is 12.7. The van der Waals surface area contributed by atoms with Gasteiger partial charge in [-0.3, -0.25) is 0 Å². The Morgan fingerprint density at radius 3 is 2.22 bits per heavy atom. The molecule has 18 heavy (non-hydrogen) atoms. The molecular formula is C18H28. The van der Waals surface area contributed by atoms with E-state index < -0.39 is 0 Å². The van der Waals surface area contributed by atoms with Crippen LogP contribution in [0.3, 0.4) is 0 Å². The minimum atomic E-state index is 0.268. The first kappa shape index (κ1) is 13.6. The molecule has 1 fully saturated rings. The molecule has 0 radical (unpaired) electrons. The van der Waals surface area contributed by atoms with Gasteiger partial charge in [-0.25, -0.2) is 0 Å². The van der Waals surface area contributed by atoms with E-state index in [0.717, 1.165) is 5.92 Å². The van der Waals surface area contributed by atoms with Gasteiger partial charge < -0.3 is 0 Å². The summed E-state index contributed by atoms with van der Waals surface area (Å²) in [6.45, 7) is 11.7. The molecule has 0 aromatic heterocycles. The van der Waals surface area contributed by atoms with Crippen molar-refractivity contribution in [1.82, 2.24) is 0 Å². The molecule has 0 N–H and O–H groups in total. The molecule has 1 saturated carbocycles. The lowest BCUT2D eigenvalue weighted by atomic mass is 9.71. The van der Waals surface area contributed by atoms with Gasteiger partial charge in [0.1, 0.15) is 0 Å². The molecule has 0 bridgehead atoms. The van der Waals surface area contributed by atoms with Crippen molar-refractivity contribution < 1.29 is 0 Å². The fourth-order valence-electron chi connectivity index (χ4n) is 2.99. The highest BCUT2D eigenvalue weighted by Gasteiger charge is 2.28. The topological polar surface area (TPSA) is 0 Å². The smallest absolute Gasteiger partial charge is 0.0132 e. The maximum atomic E-state index is 2.45. The monoisotopic (exact) mass is 244 g/mol. The lowest BCUT2D eigenvalue weighted by Crippen LogP contribution is -2.20. The van der Waals surface area contributed by atoms with Crippen molar-refractivity contribution in [3.8, 4) is 0 Å². The molecule has 1 aromatic carbocycles. The van der Waals surface area contributed by atoms with Gasteiger partial charge in [0.2, 0.25) is 0 Å². The molecule has 1 aliphatic rings. The molecule has 0 aliphatic heterocycles. The van der Waals surface area contributed by atoms with Crippen molar-refractivity contribution in [3.05, 3.63) is 35.4 Å². The summed E-state index contributed by atoms with van der Waals surface area (Å²) in [6.07, 6.45) is 5.47. The molecule has 0 heteroatoms. The van der Waals surface area contributed by atoms with Crippen LogP contribution in [0.5, 0.6) is 0 Å². The molecule has 1 aromatic rings. The van der Waals surface area contributed by atoms with Gasteiger partial charge in [-0.2, -0.15) is 0 Å². The summed E-state index contributed by atoms with van der Waals surface area (Å²) >= 11 is 0.